The molecule has 1 aliphatic heterocycles. The lowest BCUT2D eigenvalue weighted by molar-refractivity contribution is -0.133. The van der Waals surface area contributed by atoms with Crippen molar-refractivity contribution in [2.45, 2.75) is 31.2 Å². The van der Waals surface area contributed by atoms with Crippen LogP contribution in [-0.4, -0.2) is 57.2 Å². The van der Waals surface area contributed by atoms with Crippen LogP contribution in [0.2, 0.25) is 0 Å². The van der Waals surface area contributed by atoms with Crippen LogP contribution < -0.4 is 10.5 Å². The zero-order valence-corrected chi connectivity index (χ0v) is 16.5. The van der Waals surface area contributed by atoms with E-state index in [1.54, 1.807) is 19.6 Å². The Morgan fingerprint density at radius 3 is 2.90 bits per heavy atom. The third-order valence-electron chi connectivity index (χ3n) is 5.58. The number of rotatable bonds is 6. The molecular weight excluding hydrogens is 368 g/mol. The quantitative estimate of drug-likeness (QED) is 0.592. The number of amides is 1. The average Bonchev–Trinajstić information content (AvgIpc) is 3.45. The first-order chi connectivity index (χ1) is 14.2. The number of hydrogen-bond acceptors (Lipinski definition) is 5. The number of carbonyl (C=O) groups is 1. The Kier molecular flexibility index (Phi) is 5.62. The third-order valence-corrected chi connectivity index (χ3v) is 5.58. The minimum atomic E-state index is -0.550. The summed E-state index contributed by atoms with van der Waals surface area (Å²) in [4.78, 5) is 21.6. The first-order valence-electron chi connectivity index (χ1n) is 9.85. The second kappa shape index (κ2) is 8.48. The van der Waals surface area contributed by atoms with Crippen LogP contribution in [0.25, 0.3) is 11.1 Å². The molecule has 1 aliphatic rings. The largest absolute Gasteiger partial charge is 0.497 e. The first kappa shape index (κ1) is 19.2. The van der Waals surface area contributed by atoms with Crippen molar-refractivity contribution in [3.8, 4) is 16.9 Å². The van der Waals surface area contributed by atoms with Gasteiger partial charge in [-0.15, -0.1) is 0 Å². The molecule has 3 aromatic rings. The molecule has 2 aromatic heterocycles. The zero-order chi connectivity index (χ0) is 20.2. The van der Waals surface area contributed by atoms with Crippen LogP contribution in [0.1, 0.15) is 30.1 Å². The zero-order valence-electron chi connectivity index (χ0n) is 16.5. The Morgan fingerprint density at radius 1 is 1.34 bits per heavy atom. The van der Waals surface area contributed by atoms with Gasteiger partial charge in [0.15, 0.2) is 0 Å². The summed E-state index contributed by atoms with van der Waals surface area (Å²) in [6.07, 6.45) is 7.39. The number of aromatic amines is 2. The molecule has 4 rings (SSSR count). The van der Waals surface area contributed by atoms with Gasteiger partial charge in [-0.05, 0) is 30.5 Å². The van der Waals surface area contributed by atoms with Gasteiger partial charge in [0.2, 0.25) is 5.91 Å². The number of aromatic nitrogens is 4. The molecule has 1 fully saturated rings. The van der Waals surface area contributed by atoms with Gasteiger partial charge in [0, 0.05) is 48.6 Å². The van der Waals surface area contributed by atoms with Gasteiger partial charge in [0.05, 0.1) is 25.7 Å². The van der Waals surface area contributed by atoms with Gasteiger partial charge in [0.1, 0.15) is 5.75 Å². The number of imidazole rings is 1. The van der Waals surface area contributed by atoms with Crippen LogP contribution >= 0.6 is 0 Å². The van der Waals surface area contributed by atoms with Gasteiger partial charge < -0.3 is 20.4 Å². The number of piperidine rings is 1. The SMILES string of the molecule is COc1cccc(-c2cn[nH]c2C2CCN(C(=O)C(N)Cc3cnc[nH]3)CC2)c1. The van der Waals surface area contributed by atoms with Crippen LogP contribution in [0.15, 0.2) is 43.0 Å². The first-order valence-corrected chi connectivity index (χ1v) is 9.85. The second-order valence-electron chi connectivity index (χ2n) is 7.42. The number of nitrogens with zero attached hydrogens (tertiary/aromatic N) is 3. The van der Waals surface area contributed by atoms with Crippen molar-refractivity contribution in [3.63, 3.8) is 0 Å². The van der Waals surface area contributed by atoms with E-state index in [2.05, 4.69) is 26.2 Å². The van der Waals surface area contributed by atoms with Crippen LogP contribution in [0.3, 0.4) is 0 Å². The summed E-state index contributed by atoms with van der Waals surface area (Å²) in [6.45, 7) is 1.38. The lowest BCUT2D eigenvalue weighted by Gasteiger charge is -2.33. The number of nitrogens with one attached hydrogen (secondary N) is 2. The molecule has 0 bridgehead atoms. The molecule has 8 heteroatoms. The van der Waals surface area contributed by atoms with E-state index >= 15 is 0 Å². The number of nitrogens with two attached hydrogens (primary N) is 1. The monoisotopic (exact) mass is 394 g/mol. The topological polar surface area (TPSA) is 113 Å². The summed E-state index contributed by atoms with van der Waals surface area (Å²) < 4.78 is 5.35. The van der Waals surface area contributed by atoms with Gasteiger partial charge in [-0.2, -0.15) is 5.10 Å². The van der Waals surface area contributed by atoms with E-state index in [0.29, 0.717) is 25.4 Å². The smallest absolute Gasteiger partial charge is 0.239 e. The molecule has 8 nitrogen and oxygen atoms in total. The molecule has 1 aromatic carbocycles. The average molecular weight is 394 g/mol. The number of hydrogen-bond donors (Lipinski definition) is 3. The number of H-pyrrole nitrogens is 2. The minimum Gasteiger partial charge on any atom is -0.497 e. The molecule has 1 unspecified atom stereocenters. The molecule has 1 saturated heterocycles. The number of ether oxygens (including phenoxy) is 1. The van der Waals surface area contributed by atoms with Crippen molar-refractivity contribution >= 4 is 5.91 Å². The predicted molar refractivity (Wildman–Crippen MR) is 109 cm³/mol. The molecule has 152 valence electrons. The van der Waals surface area contributed by atoms with E-state index in [-0.39, 0.29) is 5.91 Å². The maximum Gasteiger partial charge on any atom is 0.239 e. The van der Waals surface area contributed by atoms with Crippen molar-refractivity contribution in [1.82, 2.24) is 25.1 Å². The third kappa shape index (κ3) is 4.17. The molecule has 1 atom stereocenters. The molecule has 0 radical (unpaired) electrons. The standard InChI is InChI=1S/C21H26N6O2/c1-29-17-4-2-3-15(9-17)18-12-25-26-20(18)14-5-7-27(8-6-14)21(28)19(22)10-16-11-23-13-24-16/h2-4,9,11-14,19H,5-8,10,22H2,1H3,(H,23,24)(H,25,26). The molecule has 3 heterocycles. The van der Waals surface area contributed by atoms with E-state index in [1.807, 2.05) is 29.3 Å². The summed E-state index contributed by atoms with van der Waals surface area (Å²) in [7, 11) is 1.67. The lowest BCUT2D eigenvalue weighted by atomic mass is 9.89. The van der Waals surface area contributed by atoms with Crippen LogP contribution in [0.4, 0.5) is 0 Å². The molecule has 0 spiro atoms. The predicted octanol–water partition coefficient (Wildman–Crippen LogP) is 2.08. The van der Waals surface area contributed by atoms with Crippen LogP contribution in [-0.2, 0) is 11.2 Å². The maximum atomic E-state index is 12.7. The second-order valence-corrected chi connectivity index (χ2v) is 7.42. The van der Waals surface area contributed by atoms with Gasteiger partial charge in [-0.25, -0.2) is 4.98 Å². The van der Waals surface area contributed by atoms with Gasteiger partial charge in [-0.3, -0.25) is 9.89 Å². The Labute approximate surface area is 169 Å². The number of benzene rings is 1. The van der Waals surface area contributed by atoms with Crippen LogP contribution in [0, 0.1) is 0 Å². The fourth-order valence-electron chi connectivity index (χ4n) is 3.97. The number of likely N-dealkylation sites (tertiary alicyclic amines) is 1. The highest BCUT2D eigenvalue weighted by molar-refractivity contribution is 5.82. The van der Waals surface area contributed by atoms with Gasteiger partial charge in [-0.1, -0.05) is 12.1 Å². The minimum absolute atomic E-state index is 0.00400. The highest BCUT2D eigenvalue weighted by Gasteiger charge is 2.29. The molecule has 0 saturated carbocycles. The molecule has 0 aliphatic carbocycles. The van der Waals surface area contributed by atoms with Gasteiger partial charge >= 0.3 is 0 Å². The summed E-state index contributed by atoms with van der Waals surface area (Å²) in [5.41, 5.74) is 10.3. The Morgan fingerprint density at radius 2 is 2.17 bits per heavy atom. The summed E-state index contributed by atoms with van der Waals surface area (Å²) in [5, 5.41) is 7.46. The van der Waals surface area contributed by atoms with Crippen molar-refractivity contribution in [2.24, 2.45) is 5.73 Å². The summed E-state index contributed by atoms with van der Waals surface area (Å²) >= 11 is 0. The normalized spacial score (nSPS) is 16.0. The maximum absolute atomic E-state index is 12.7. The molecular formula is C21H26N6O2. The highest BCUT2D eigenvalue weighted by atomic mass is 16.5. The van der Waals surface area contributed by atoms with Gasteiger partial charge in [0.25, 0.3) is 0 Å². The summed E-state index contributed by atoms with van der Waals surface area (Å²) in [5.74, 6) is 1.14. The Hall–Kier alpha value is -3.13. The van der Waals surface area contributed by atoms with E-state index in [0.717, 1.165) is 41.1 Å². The Balaban J connectivity index is 1.40. The van der Waals surface area contributed by atoms with Crippen molar-refractivity contribution in [2.75, 3.05) is 20.2 Å². The number of carbonyl (C=O) groups excluding carboxylic acids is 1. The van der Waals surface area contributed by atoms with Crippen molar-refractivity contribution < 1.29 is 9.53 Å². The fourth-order valence-corrected chi connectivity index (χ4v) is 3.97. The molecule has 1 amide bonds. The van der Waals surface area contributed by atoms with Crippen LogP contribution in [0.5, 0.6) is 5.75 Å². The summed E-state index contributed by atoms with van der Waals surface area (Å²) in [6, 6.07) is 7.44. The highest BCUT2D eigenvalue weighted by Crippen LogP contribution is 2.35. The fraction of sp³-hybridized carbons (Fsp3) is 0.381. The lowest BCUT2D eigenvalue weighted by Crippen LogP contribution is -2.47. The van der Waals surface area contributed by atoms with E-state index < -0.39 is 6.04 Å². The van der Waals surface area contributed by atoms with E-state index in [9.17, 15) is 4.79 Å². The van der Waals surface area contributed by atoms with Crippen molar-refractivity contribution in [1.29, 1.82) is 0 Å². The van der Waals surface area contributed by atoms with E-state index in [1.165, 1.54) is 0 Å². The molecule has 4 N–H and O–H groups in total. The Bertz CT molecular complexity index is 944. The number of methoxy groups -OCH3 is 1. The molecule has 29 heavy (non-hydrogen) atoms. The van der Waals surface area contributed by atoms with Crippen molar-refractivity contribution in [3.05, 3.63) is 54.4 Å². The van der Waals surface area contributed by atoms with E-state index in [4.69, 9.17) is 10.5 Å².